The summed E-state index contributed by atoms with van der Waals surface area (Å²) >= 11 is 0. The summed E-state index contributed by atoms with van der Waals surface area (Å²) in [6.07, 6.45) is 0. The SMILES string of the molecule is O=S(=O)(Oc1cccc2oc3ccc(-c4ccccc4)cc3c12)C(F)(F)F. The van der Waals surface area contributed by atoms with Crippen molar-refractivity contribution in [2.45, 2.75) is 5.51 Å². The number of benzene rings is 3. The maximum atomic E-state index is 12.7. The highest BCUT2D eigenvalue weighted by atomic mass is 32.2. The Bertz CT molecular complexity index is 1240. The molecule has 0 atom stereocenters. The van der Waals surface area contributed by atoms with Crippen LogP contribution in [0.3, 0.4) is 0 Å². The van der Waals surface area contributed by atoms with E-state index in [1.807, 2.05) is 36.4 Å². The Labute approximate surface area is 151 Å². The molecule has 0 aliphatic rings. The highest BCUT2D eigenvalue weighted by Crippen LogP contribution is 2.39. The Morgan fingerprint density at radius 1 is 0.815 bits per heavy atom. The molecule has 27 heavy (non-hydrogen) atoms. The Hall–Kier alpha value is -3.00. The van der Waals surface area contributed by atoms with Crippen LogP contribution in [0.25, 0.3) is 33.1 Å². The summed E-state index contributed by atoms with van der Waals surface area (Å²) in [5.41, 5.74) is -3.19. The molecular formula is C19H11F3O4S. The van der Waals surface area contributed by atoms with Crippen molar-refractivity contribution in [1.29, 1.82) is 0 Å². The van der Waals surface area contributed by atoms with E-state index in [-0.39, 0.29) is 11.0 Å². The minimum Gasteiger partial charge on any atom is -0.456 e. The molecule has 0 bridgehead atoms. The van der Waals surface area contributed by atoms with E-state index >= 15 is 0 Å². The molecule has 4 aromatic rings. The van der Waals surface area contributed by atoms with Gasteiger partial charge in [0, 0.05) is 5.39 Å². The summed E-state index contributed by atoms with van der Waals surface area (Å²) in [4.78, 5) is 0. The molecule has 0 fully saturated rings. The molecule has 0 unspecified atom stereocenters. The number of hydrogen-bond donors (Lipinski definition) is 0. The molecule has 0 saturated heterocycles. The largest absolute Gasteiger partial charge is 0.534 e. The van der Waals surface area contributed by atoms with Crippen LogP contribution >= 0.6 is 0 Å². The fourth-order valence-corrected chi connectivity index (χ4v) is 3.31. The summed E-state index contributed by atoms with van der Waals surface area (Å²) in [6, 6.07) is 18.6. The van der Waals surface area contributed by atoms with Crippen LogP contribution in [-0.2, 0) is 10.1 Å². The van der Waals surface area contributed by atoms with Crippen molar-refractivity contribution >= 4 is 32.1 Å². The van der Waals surface area contributed by atoms with Gasteiger partial charge in [0.15, 0.2) is 5.75 Å². The molecule has 0 spiro atoms. The Kier molecular flexibility index (Phi) is 3.88. The lowest BCUT2D eigenvalue weighted by atomic mass is 10.0. The first-order valence-electron chi connectivity index (χ1n) is 7.78. The predicted molar refractivity (Wildman–Crippen MR) is 94.8 cm³/mol. The minimum absolute atomic E-state index is 0.165. The number of halogens is 3. The van der Waals surface area contributed by atoms with Crippen LogP contribution in [0.5, 0.6) is 5.75 Å². The topological polar surface area (TPSA) is 56.5 Å². The second-order valence-electron chi connectivity index (χ2n) is 5.79. The van der Waals surface area contributed by atoms with Crippen molar-refractivity contribution < 1.29 is 30.2 Å². The summed E-state index contributed by atoms with van der Waals surface area (Å²) in [5.74, 6) is -0.436. The number of hydrogen-bond acceptors (Lipinski definition) is 4. The number of fused-ring (bicyclic) bond motifs is 3. The van der Waals surface area contributed by atoms with Gasteiger partial charge in [-0.25, -0.2) is 0 Å². The van der Waals surface area contributed by atoms with E-state index in [1.165, 1.54) is 12.1 Å². The fourth-order valence-electron chi connectivity index (χ4n) is 2.84. The van der Waals surface area contributed by atoms with Gasteiger partial charge >= 0.3 is 15.6 Å². The molecule has 0 aliphatic carbocycles. The zero-order chi connectivity index (χ0) is 19.2. The van der Waals surface area contributed by atoms with Gasteiger partial charge in [0.1, 0.15) is 11.2 Å². The monoisotopic (exact) mass is 392 g/mol. The molecule has 0 amide bonds. The van der Waals surface area contributed by atoms with Crippen LogP contribution < -0.4 is 4.18 Å². The van der Waals surface area contributed by atoms with E-state index in [4.69, 9.17) is 4.42 Å². The van der Waals surface area contributed by atoms with E-state index in [9.17, 15) is 21.6 Å². The maximum Gasteiger partial charge on any atom is 0.534 e. The van der Waals surface area contributed by atoms with Gasteiger partial charge in [0.25, 0.3) is 0 Å². The highest BCUT2D eigenvalue weighted by molar-refractivity contribution is 7.88. The van der Waals surface area contributed by atoms with E-state index in [0.717, 1.165) is 17.2 Å². The third-order valence-electron chi connectivity index (χ3n) is 4.05. The molecule has 4 rings (SSSR count). The average Bonchev–Trinajstić information content (AvgIpc) is 3.00. The molecule has 3 aromatic carbocycles. The molecule has 138 valence electrons. The van der Waals surface area contributed by atoms with Crippen molar-refractivity contribution in [3.63, 3.8) is 0 Å². The van der Waals surface area contributed by atoms with Gasteiger partial charge in [-0.2, -0.15) is 21.6 Å². The standard InChI is InChI=1S/C19H11F3O4S/c20-19(21,22)27(23,24)26-17-8-4-7-16-18(17)14-11-13(9-10-15(14)25-16)12-5-2-1-3-6-12/h1-11H. The Balaban J connectivity index is 1.93. The average molecular weight is 392 g/mol. The second kappa shape index (κ2) is 6.02. The lowest BCUT2D eigenvalue weighted by Crippen LogP contribution is -2.28. The van der Waals surface area contributed by atoms with Crippen molar-refractivity contribution in [2.24, 2.45) is 0 Å². The summed E-state index contributed by atoms with van der Waals surface area (Å²) in [5, 5.41) is 0.623. The van der Waals surface area contributed by atoms with Crippen LogP contribution in [0.15, 0.2) is 71.1 Å². The molecule has 0 aliphatic heterocycles. The van der Waals surface area contributed by atoms with Crippen molar-refractivity contribution in [2.75, 3.05) is 0 Å². The highest BCUT2D eigenvalue weighted by Gasteiger charge is 2.48. The van der Waals surface area contributed by atoms with Gasteiger partial charge < -0.3 is 8.60 Å². The van der Waals surface area contributed by atoms with E-state index < -0.39 is 21.4 Å². The van der Waals surface area contributed by atoms with Crippen molar-refractivity contribution in [3.8, 4) is 16.9 Å². The molecule has 0 N–H and O–H groups in total. The van der Waals surface area contributed by atoms with Crippen molar-refractivity contribution in [1.82, 2.24) is 0 Å². The first-order valence-corrected chi connectivity index (χ1v) is 9.18. The van der Waals surface area contributed by atoms with Crippen LogP contribution in [0.1, 0.15) is 0 Å². The first-order chi connectivity index (χ1) is 12.8. The smallest absolute Gasteiger partial charge is 0.456 e. The number of furan rings is 1. The molecule has 0 radical (unpaired) electrons. The third kappa shape index (κ3) is 3.02. The zero-order valence-corrected chi connectivity index (χ0v) is 14.3. The lowest BCUT2D eigenvalue weighted by Gasteiger charge is -2.10. The molecular weight excluding hydrogens is 381 g/mol. The quantitative estimate of drug-likeness (QED) is 0.342. The van der Waals surface area contributed by atoms with Crippen LogP contribution in [-0.4, -0.2) is 13.9 Å². The van der Waals surface area contributed by atoms with Gasteiger partial charge in [0.2, 0.25) is 0 Å². The fraction of sp³-hybridized carbons (Fsp3) is 0.0526. The lowest BCUT2D eigenvalue weighted by molar-refractivity contribution is -0.0499. The summed E-state index contributed by atoms with van der Waals surface area (Å²) < 4.78 is 71.0. The van der Waals surface area contributed by atoms with Crippen LogP contribution in [0, 0.1) is 0 Å². The minimum atomic E-state index is -5.79. The van der Waals surface area contributed by atoms with Gasteiger partial charge in [-0.05, 0) is 35.4 Å². The Morgan fingerprint density at radius 2 is 1.56 bits per heavy atom. The summed E-state index contributed by atoms with van der Waals surface area (Å²) in [7, 11) is -5.79. The third-order valence-corrected chi connectivity index (χ3v) is 5.01. The molecule has 1 heterocycles. The van der Waals surface area contributed by atoms with Crippen molar-refractivity contribution in [3.05, 3.63) is 66.7 Å². The van der Waals surface area contributed by atoms with Gasteiger partial charge in [0.05, 0.1) is 5.39 Å². The Morgan fingerprint density at radius 3 is 2.26 bits per heavy atom. The van der Waals surface area contributed by atoms with E-state index in [0.29, 0.717) is 11.0 Å². The number of alkyl halides is 3. The number of rotatable bonds is 3. The molecule has 0 saturated carbocycles. The molecule has 1 aromatic heterocycles. The zero-order valence-electron chi connectivity index (χ0n) is 13.5. The van der Waals surface area contributed by atoms with E-state index in [1.54, 1.807) is 12.1 Å². The van der Waals surface area contributed by atoms with Crippen LogP contribution in [0.4, 0.5) is 13.2 Å². The maximum absolute atomic E-state index is 12.7. The predicted octanol–water partition coefficient (Wildman–Crippen LogP) is 5.48. The van der Waals surface area contributed by atoms with Gasteiger partial charge in [-0.3, -0.25) is 0 Å². The van der Waals surface area contributed by atoms with E-state index in [2.05, 4.69) is 4.18 Å². The second-order valence-corrected chi connectivity index (χ2v) is 7.33. The van der Waals surface area contributed by atoms with Gasteiger partial charge in [-0.1, -0.05) is 42.5 Å². The van der Waals surface area contributed by atoms with Gasteiger partial charge in [-0.15, -0.1) is 0 Å². The molecule has 8 heteroatoms. The molecule has 4 nitrogen and oxygen atoms in total. The summed E-state index contributed by atoms with van der Waals surface area (Å²) in [6.45, 7) is 0. The first kappa shape index (κ1) is 17.4. The normalized spacial score (nSPS) is 12.6. The van der Waals surface area contributed by atoms with Crippen LogP contribution in [0.2, 0.25) is 0 Å².